The van der Waals surface area contributed by atoms with Gasteiger partial charge in [0.1, 0.15) is 6.10 Å². The molecule has 0 saturated heterocycles. The van der Waals surface area contributed by atoms with Crippen LogP contribution in [0.15, 0.2) is 35.7 Å². The monoisotopic (exact) mass is 317 g/mol. The van der Waals surface area contributed by atoms with E-state index in [-0.39, 0.29) is 0 Å². The van der Waals surface area contributed by atoms with Crippen molar-refractivity contribution in [2.45, 2.75) is 19.3 Å². The zero-order chi connectivity index (χ0) is 15.2. The van der Waals surface area contributed by atoms with E-state index >= 15 is 0 Å². The van der Waals surface area contributed by atoms with Gasteiger partial charge in [-0.1, -0.05) is 12.1 Å². The molecule has 2 aromatic rings. The molecule has 1 aromatic carbocycles. The summed E-state index contributed by atoms with van der Waals surface area (Å²) >= 11 is 1.45. The SMILES string of the molecule is OC(CNCc1ccc(OC(F)F)c(F)c1)c1cccs1. The molecular weight excluding hydrogens is 303 g/mol. The third kappa shape index (κ3) is 4.73. The molecule has 0 bridgehead atoms. The van der Waals surface area contributed by atoms with Gasteiger partial charge in [-0.3, -0.25) is 0 Å². The molecule has 7 heteroatoms. The van der Waals surface area contributed by atoms with Gasteiger partial charge in [0.15, 0.2) is 11.6 Å². The van der Waals surface area contributed by atoms with Crippen molar-refractivity contribution in [3.63, 3.8) is 0 Å². The quantitative estimate of drug-likeness (QED) is 0.823. The lowest BCUT2D eigenvalue weighted by atomic mass is 10.2. The number of rotatable bonds is 7. The van der Waals surface area contributed by atoms with Gasteiger partial charge in [-0.25, -0.2) is 4.39 Å². The normalized spacial score (nSPS) is 12.6. The van der Waals surface area contributed by atoms with Crippen molar-refractivity contribution in [1.29, 1.82) is 0 Å². The van der Waals surface area contributed by atoms with Crippen LogP contribution in [0, 0.1) is 5.82 Å². The van der Waals surface area contributed by atoms with Gasteiger partial charge in [0.2, 0.25) is 0 Å². The lowest BCUT2D eigenvalue weighted by Gasteiger charge is -2.11. The molecule has 114 valence electrons. The predicted octanol–water partition coefficient (Wildman–Crippen LogP) is 3.31. The van der Waals surface area contributed by atoms with E-state index in [9.17, 15) is 18.3 Å². The first-order chi connectivity index (χ1) is 10.1. The molecule has 0 radical (unpaired) electrons. The summed E-state index contributed by atoms with van der Waals surface area (Å²) in [6.07, 6.45) is -0.628. The van der Waals surface area contributed by atoms with E-state index in [1.807, 2.05) is 17.5 Å². The van der Waals surface area contributed by atoms with Crippen LogP contribution in [0.2, 0.25) is 0 Å². The number of hydrogen-bond acceptors (Lipinski definition) is 4. The molecular formula is C14H14F3NO2S. The second-order valence-corrected chi connectivity index (χ2v) is 5.28. The molecule has 0 aliphatic heterocycles. The van der Waals surface area contributed by atoms with Crippen LogP contribution in [-0.4, -0.2) is 18.3 Å². The third-order valence-corrected chi connectivity index (χ3v) is 3.72. The summed E-state index contributed by atoms with van der Waals surface area (Å²) in [4.78, 5) is 0.842. The Kier molecular flexibility index (Phi) is 5.60. The predicted molar refractivity (Wildman–Crippen MR) is 74.0 cm³/mol. The van der Waals surface area contributed by atoms with Crippen LogP contribution in [0.5, 0.6) is 5.75 Å². The molecule has 0 aliphatic carbocycles. The van der Waals surface area contributed by atoms with E-state index in [1.54, 1.807) is 0 Å². The molecule has 0 amide bonds. The van der Waals surface area contributed by atoms with Crippen LogP contribution in [0.1, 0.15) is 16.5 Å². The molecule has 1 aromatic heterocycles. The topological polar surface area (TPSA) is 41.5 Å². The lowest BCUT2D eigenvalue weighted by Crippen LogP contribution is -2.20. The van der Waals surface area contributed by atoms with Crippen molar-refractivity contribution in [2.24, 2.45) is 0 Å². The van der Waals surface area contributed by atoms with E-state index in [4.69, 9.17) is 0 Å². The van der Waals surface area contributed by atoms with E-state index in [0.29, 0.717) is 18.7 Å². The fraction of sp³-hybridized carbons (Fsp3) is 0.286. The molecule has 1 atom stereocenters. The van der Waals surface area contributed by atoms with Crippen LogP contribution < -0.4 is 10.1 Å². The summed E-state index contributed by atoms with van der Waals surface area (Å²) in [5, 5.41) is 14.7. The van der Waals surface area contributed by atoms with E-state index < -0.39 is 24.3 Å². The summed E-state index contributed by atoms with van der Waals surface area (Å²) in [7, 11) is 0. The number of ether oxygens (including phenoxy) is 1. The fourth-order valence-corrected chi connectivity index (χ4v) is 2.49. The number of thiophene rings is 1. The third-order valence-electron chi connectivity index (χ3n) is 2.75. The van der Waals surface area contributed by atoms with Gasteiger partial charge in [0.05, 0.1) is 0 Å². The minimum Gasteiger partial charge on any atom is -0.432 e. The van der Waals surface area contributed by atoms with Gasteiger partial charge in [-0.2, -0.15) is 8.78 Å². The van der Waals surface area contributed by atoms with Crippen molar-refractivity contribution in [1.82, 2.24) is 5.32 Å². The number of aliphatic hydroxyl groups is 1. The first-order valence-corrected chi connectivity index (χ1v) is 7.09. The molecule has 1 heterocycles. The number of nitrogens with one attached hydrogen (secondary N) is 1. The first-order valence-electron chi connectivity index (χ1n) is 6.21. The van der Waals surface area contributed by atoms with Gasteiger partial charge >= 0.3 is 6.61 Å². The Balaban J connectivity index is 1.85. The lowest BCUT2D eigenvalue weighted by molar-refractivity contribution is -0.0522. The Bertz CT molecular complexity index is 563. The van der Waals surface area contributed by atoms with Gasteiger partial charge in [0.25, 0.3) is 0 Å². The minimum atomic E-state index is -3.05. The number of hydrogen-bond donors (Lipinski definition) is 2. The first kappa shape index (κ1) is 15.8. The Labute approximate surface area is 124 Å². The number of alkyl halides is 2. The highest BCUT2D eigenvalue weighted by atomic mass is 32.1. The minimum absolute atomic E-state index is 0.314. The summed E-state index contributed by atoms with van der Waals surface area (Å²) in [5.74, 6) is -1.32. The second-order valence-electron chi connectivity index (χ2n) is 4.31. The van der Waals surface area contributed by atoms with Crippen molar-refractivity contribution in [2.75, 3.05) is 6.54 Å². The average molecular weight is 317 g/mol. The second kappa shape index (κ2) is 7.44. The zero-order valence-electron chi connectivity index (χ0n) is 10.9. The summed E-state index contributed by atoms with van der Waals surface area (Å²) < 4.78 is 41.5. The van der Waals surface area contributed by atoms with Gasteiger partial charge in [-0.15, -0.1) is 11.3 Å². The molecule has 1 unspecified atom stereocenters. The highest BCUT2D eigenvalue weighted by molar-refractivity contribution is 7.10. The Hall–Kier alpha value is -1.57. The van der Waals surface area contributed by atoms with E-state index in [0.717, 1.165) is 17.0 Å². The largest absolute Gasteiger partial charge is 0.432 e. The summed E-state index contributed by atoms with van der Waals surface area (Å²) in [6, 6.07) is 7.45. The van der Waals surface area contributed by atoms with Crippen LogP contribution in [0.4, 0.5) is 13.2 Å². The van der Waals surface area contributed by atoms with Crippen molar-refractivity contribution < 1.29 is 23.0 Å². The Morgan fingerprint density at radius 2 is 2.10 bits per heavy atom. The Morgan fingerprint density at radius 3 is 2.71 bits per heavy atom. The number of halogens is 3. The molecule has 0 spiro atoms. The smallest absolute Gasteiger partial charge is 0.387 e. The maximum atomic E-state index is 13.5. The molecule has 3 nitrogen and oxygen atoms in total. The molecule has 0 fully saturated rings. The van der Waals surface area contributed by atoms with Crippen molar-refractivity contribution in [3.8, 4) is 5.75 Å². The van der Waals surface area contributed by atoms with Crippen LogP contribution in [-0.2, 0) is 6.54 Å². The van der Waals surface area contributed by atoms with E-state index in [1.165, 1.54) is 17.4 Å². The molecule has 0 aliphatic rings. The standard InChI is InChI=1S/C14H14F3NO2S/c15-10-6-9(3-4-12(10)20-14(16)17)7-18-8-11(19)13-2-1-5-21-13/h1-6,11,14,18-19H,7-8H2. The summed E-state index contributed by atoms with van der Waals surface area (Å²) in [6.45, 7) is -2.42. The maximum absolute atomic E-state index is 13.5. The highest BCUT2D eigenvalue weighted by Gasteiger charge is 2.11. The maximum Gasteiger partial charge on any atom is 0.387 e. The number of benzene rings is 1. The Morgan fingerprint density at radius 1 is 1.29 bits per heavy atom. The van der Waals surface area contributed by atoms with E-state index in [2.05, 4.69) is 10.1 Å². The zero-order valence-corrected chi connectivity index (χ0v) is 11.7. The van der Waals surface area contributed by atoms with Gasteiger partial charge in [-0.05, 0) is 29.1 Å². The fourth-order valence-electron chi connectivity index (χ4n) is 1.78. The molecule has 2 rings (SSSR count). The van der Waals surface area contributed by atoms with Gasteiger partial charge < -0.3 is 15.2 Å². The molecule has 0 saturated carbocycles. The van der Waals surface area contributed by atoms with Crippen LogP contribution in [0.25, 0.3) is 0 Å². The molecule has 2 N–H and O–H groups in total. The molecule has 21 heavy (non-hydrogen) atoms. The van der Waals surface area contributed by atoms with Crippen molar-refractivity contribution >= 4 is 11.3 Å². The van der Waals surface area contributed by atoms with Gasteiger partial charge in [0, 0.05) is 18.0 Å². The van der Waals surface area contributed by atoms with Crippen molar-refractivity contribution in [3.05, 3.63) is 52.0 Å². The summed E-state index contributed by atoms with van der Waals surface area (Å²) in [5.41, 5.74) is 0.576. The average Bonchev–Trinajstić information content (AvgIpc) is 2.95. The van der Waals surface area contributed by atoms with Crippen LogP contribution in [0.3, 0.4) is 0 Å². The highest BCUT2D eigenvalue weighted by Crippen LogP contribution is 2.21. The number of aliphatic hydroxyl groups excluding tert-OH is 1. The van der Waals surface area contributed by atoms with Crippen LogP contribution >= 0.6 is 11.3 Å².